The molecule has 0 aliphatic carbocycles. The minimum absolute atomic E-state index is 0.0938. The van der Waals surface area contributed by atoms with Gasteiger partial charge in [-0.3, -0.25) is 4.72 Å². The lowest BCUT2D eigenvalue weighted by molar-refractivity contribution is 0.582. The molecule has 1 heterocycles. The Labute approximate surface area is 115 Å². The molecule has 0 spiro atoms. The number of hydrogen-bond donors (Lipinski definition) is 2. The van der Waals surface area contributed by atoms with Crippen LogP contribution in [0.25, 0.3) is 0 Å². The third-order valence-electron chi connectivity index (χ3n) is 2.70. The van der Waals surface area contributed by atoms with Crippen molar-refractivity contribution in [3.8, 4) is 0 Å². The number of rotatable bonds is 4. The van der Waals surface area contributed by atoms with Crippen molar-refractivity contribution in [3.05, 3.63) is 27.8 Å². The minimum Gasteiger partial charge on any atom is -0.313 e. The molecular formula is C11H15IN2O2S. The maximum Gasteiger partial charge on any atom is 0.234 e. The van der Waals surface area contributed by atoms with Crippen LogP contribution in [0.3, 0.4) is 0 Å². The molecule has 1 unspecified atom stereocenters. The Balaban J connectivity index is 1.98. The average molecular weight is 366 g/mol. The van der Waals surface area contributed by atoms with Gasteiger partial charge >= 0.3 is 0 Å². The zero-order chi connectivity index (χ0) is 12.3. The lowest BCUT2D eigenvalue weighted by Gasteiger charge is -2.12. The van der Waals surface area contributed by atoms with Gasteiger partial charge in [0.15, 0.2) is 0 Å². The van der Waals surface area contributed by atoms with Crippen LogP contribution < -0.4 is 10.0 Å². The van der Waals surface area contributed by atoms with Crippen LogP contribution in [-0.2, 0) is 10.0 Å². The van der Waals surface area contributed by atoms with Crippen LogP contribution in [0.4, 0.5) is 5.69 Å². The summed E-state index contributed by atoms with van der Waals surface area (Å²) in [6.07, 6.45) is 2.00. The number of anilines is 1. The molecule has 94 valence electrons. The monoisotopic (exact) mass is 366 g/mol. The molecule has 0 bridgehead atoms. The van der Waals surface area contributed by atoms with Gasteiger partial charge in [-0.1, -0.05) is 0 Å². The van der Waals surface area contributed by atoms with E-state index in [1.54, 1.807) is 12.1 Å². The SMILES string of the molecule is O=S(=O)(CC1CCCN1)Nc1ccc(I)cc1. The lowest BCUT2D eigenvalue weighted by atomic mass is 10.3. The Hall–Kier alpha value is -0.340. The van der Waals surface area contributed by atoms with Crippen LogP contribution in [-0.4, -0.2) is 26.8 Å². The molecule has 0 aromatic heterocycles. The first-order chi connectivity index (χ1) is 8.05. The highest BCUT2D eigenvalue weighted by atomic mass is 127. The fourth-order valence-corrected chi connectivity index (χ4v) is 3.66. The molecule has 1 fully saturated rings. The Bertz CT molecular complexity index is 467. The number of benzene rings is 1. The molecule has 6 heteroatoms. The van der Waals surface area contributed by atoms with E-state index in [0.717, 1.165) is 23.0 Å². The van der Waals surface area contributed by atoms with Crippen LogP contribution in [0.2, 0.25) is 0 Å². The van der Waals surface area contributed by atoms with E-state index in [-0.39, 0.29) is 11.8 Å². The van der Waals surface area contributed by atoms with Crippen LogP contribution in [0, 0.1) is 3.57 Å². The predicted molar refractivity (Wildman–Crippen MR) is 77.6 cm³/mol. The first kappa shape index (κ1) is 13.1. The Morgan fingerprint density at radius 2 is 2.06 bits per heavy atom. The minimum atomic E-state index is -3.25. The fourth-order valence-electron chi connectivity index (χ4n) is 1.90. The predicted octanol–water partition coefficient (Wildman–Crippen LogP) is 1.78. The van der Waals surface area contributed by atoms with E-state index in [2.05, 4.69) is 32.6 Å². The van der Waals surface area contributed by atoms with Gasteiger partial charge in [0.05, 0.1) is 5.75 Å². The van der Waals surface area contributed by atoms with E-state index in [1.165, 1.54) is 0 Å². The number of sulfonamides is 1. The van der Waals surface area contributed by atoms with Crippen LogP contribution in [0.1, 0.15) is 12.8 Å². The number of nitrogens with one attached hydrogen (secondary N) is 2. The molecule has 1 saturated heterocycles. The fraction of sp³-hybridized carbons (Fsp3) is 0.455. The Morgan fingerprint density at radius 3 is 2.65 bits per heavy atom. The maximum absolute atomic E-state index is 11.9. The summed E-state index contributed by atoms with van der Waals surface area (Å²) < 4.78 is 27.5. The summed E-state index contributed by atoms with van der Waals surface area (Å²) in [7, 11) is -3.25. The van der Waals surface area contributed by atoms with Gasteiger partial charge in [-0.25, -0.2) is 8.42 Å². The van der Waals surface area contributed by atoms with Crippen molar-refractivity contribution in [2.45, 2.75) is 18.9 Å². The normalized spacial score (nSPS) is 20.4. The van der Waals surface area contributed by atoms with E-state index in [4.69, 9.17) is 0 Å². The largest absolute Gasteiger partial charge is 0.313 e. The molecule has 1 atom stereocenters. The van der Waals surface area contributed by atoms with Gasteiger partial charge in [0.2, 0.25) is 10.0 Å². The van der Waals surface area contributed by atoms with Gasteiger partial charge < -0.3 is 5.32 Å². The molecular weight excluding hydrogens is 351 g/mol. The molecule has 1 aromatic carbocycles. The topological polar surface area (TPSA) is 58.2 Å². The third-order valence-corrected chi connectivity index (χ3v) is 4.81. The zero-order valence-electron chi connectivity index (χ0n) is 9.32. The van der Waals surface area contributed by atoms with Gasteiger partial charge in [0.1, 0.15) is 0 Å². The molecule has 0 amide bonds. The molecule has 0 radical (unpaired) electrons. The lowest BCUT2D eigenvalue weighted by Crippen LogP contribution is -2.32. The van der Waals surface area contributed by atoms with Crippen molar-refractivity contribution >= 4 is 38.3 Å². The molecule has 17 heavy (non-hydrogen) atoms. The second kappa shape index (κ2) is 5.53. The second-order valence-electron chi connectivity index (χ2n) is 4.18. The summed E-state index contributed by atoms with van der Waals surface area (Å²) in [5.41, 5.74) is 0.628. The van der Waals surface area contributed by atoms with Crippen molar-refractivity contribution in [3.63, 3.8) is 0 Å². The van der Waals surface area contributed by atoms with Crippen molar-refractivity contribution in [1.82, 2.24) is 5.32 Å². The molecule has 2 N–H and O–H groups in total. The summed E-state index contributed by atoms with van der Waals surface area (Å²) in [6.45, 7) is 0.920. The van der Waals surface area contributed by atoms with Crippen molar-refractivity contribution in [2.24, 2.45) is 0 Å². The first-order valence-electron chi connectivity index (χ1n) is 5.55. The van der Waals surface area contributed by atoms with E-state index in [9.17, 15) is 8.42 Å². The highest BCUT2D eigenvalue weighted by Gasteiger charge is 2.21. The quantitative estimate of drug-likeness (QED) is 0.799. The molecule has 2 rings (SSSR count). The summed E-state index contributed by atoms with van der Waals surface area (Å²) in [4.78, 5) is 0. The summed E-state index contributed by atoms with van der Waals surface area (Å²) in [5, 5.41) is 3.19. The summed E-state index contributed by atoms with van der Waals surface area (Å²) in [6, 6.07) is 7.41. The average Bonchev–Trinajstić information content (AvgIpc) is 2.73. The second-order valence-corrected chi connectivity index (χ2v) is 7.20. The highest BCUT2D eigenvalue weighted by molar-refractivity contribution is 14.1. The maximum atomic E-state index is 11.9. The van der Waals surface area contributed by atoms with Gasteiger partial charge in [-0.15, -0.1) is 0 Å². The molecule has 4 nitrogen and oxygen atoms in total. The van der Waals surface area contributed by atoms with Crippen molar-refractivity contribution in [2.75, 3.05) is 17.0 Å². The number of halogens is 1. The zero-order valence-corrected chi connectivity index (χ0v) is 12.3. The van der Waals surface area contributed by atoms with Gasteiger partial charge in [0.25, 0.3) is 0 Å². The van der Waals surface area contributed by atoms with E-state index >= 15 is 0 Å². The summed E-state index contributed by atoms with van der Waals surface area (Å²) in [5.74, 6) is 0.152. The van der Waals surface area contributed by atoms with Crippen molar-refractivity contribution < 1.29 is 8.42 Å². The van der Waals surface area contributed by atoms with Crippen LogP contribution >= 0.6 is 22.6 Å². The van der Waals surface area contributed by atoms with Crippen LogP contribution in [0.15, 0.2) is 24.3 Å². The number of hydrogen-bond acceptors (Lipinski definition) is 3. The highest BCUT2D eigenvalue weighted by Crippen LogP contribution is 2.14. The van der Waals surface area contributed by atoms with E-state index < -0.39 is 10.0 Å². The molecule has 0 saturated carbocycles. The molecule has 1 aromatic rings. The standard InChI is InChI=1S/C11H15IN2O2S/c12-9-3-5-10(6-4-9)14-17(15,16)8-11-2-1-7-13-11/h3-6,11,13-14H,1-2,7-8H2. The van der Waals surface area contributed by atoms with Gasteiger partial charge in [-0.2, -0.15) is 0 Å². The smallest absolute Gasteiger partial charge is 0.234 e. The Kier molecular flexibility index (Phi) is 4.26. The Morgan fingerprint density at radius 1 is 1.35 bits per heavy atom. The van der Waals surface area contributed by atoms with Crippen molar-refractivity contribution in [1.29, 1.82) is 0 Å². The van der Waals surface area contributed by atoms with Gasteiger partial charge in [0, 0.05) is 15.3 Å². The first-order valence-corrected chi connectivity index (χ1v) is 8.28. The third kappa shape index (κ3) is 4.11. The van der Waals surface area contributed by atoms with Crippen LogP contribution in [0.5, 0.6) is 0 Å². The summed E-state index contributed by atoms with van der Waals surface area (Å²) >= 11 is 2.19. The molecule has 1 aliphatic rings. The molecule has 1 aliphatic heterocycles. The van der Waals surface area contributed by atoms with Gasteiger partial charge in [-0.05, 0) is 66.2 Å². The van der Waals surface area contributed by atoms with E-state index in [0.29, 0.717) is 5.69 Å². The van der Waals surface area contributed by atoms with E-state index in [1.807, 2.05) is 12.1 Å².